The predicted octanol–water partition coefficient (Wildman–Crippen LogP) is 0.833. The molecule has 1 saturated heterocycles. The van der Waals surface area contributed by atoms with Gasteiger partial charge in [0.05, 0.1) is 7.11 Å². The van der Waals surface area contributed by atoms with E-state index in [0.29, 0.717) is 6.42 Å². The van der Waals surface area contributed by atoms with Crippen molar-refractivity contribution in [3.8, 4) is 5.75 Å². The number of amides is 1. The van der Waals surface area contributed by atoms with Gasteiger partial charge in [-0.2, -0.15) is 0 Å². The Hall–Kier alpha value is -1.59. The standard InChI is InChI=1S/C16H23N3O2/c1-21-15-3-2-13-11-18(12-14(13)10-15)7-4-16(20)19-8-5-17-6-9-19/h2-3,10,17H,4-9,11-12H2,1H3. The monoisotopic (exact) mass is 289 g/mol. The molecule has 1 aromatic carbocycles. The first kappa shape index (κ1) is 14.4. The van der Waals surface area contributed by atoms with Gasteiger partial charge in [-0.25, -0.2) is 0 Å². The number of hydrogen-bond acceptors (Lipinski definition) is 4. The minimum Gasteiger partial charge on any atom is -0.497 e. The lowest BCUT2D eigenvalue weighted by molar-refractivity contribution is -0.132. The minimum absolute atomic E-state index is 0.282. The molecule has 5 nitrogen and oxygen atoms in total. The van der Waals surface area contributed by atoms with Gasteiger partial charge in [-0.15, -0.1) is 0 Å². The third-order valence-corrected chi connectivity index (χ3v) is 4.31. The number of rotatable bonds is 4. The second-order valence-corrected chi connectivity index (χ2v) is 5.73. The number of nitrogens with zero attached hydrogens (tertiary/aromatic N) is 2. The third kappa shape index (κ3) is 3.36. The summed E-state index contributed by atoms with van der Waals surface area (Å²) in [5.74, 6) is 1.19. The fourth-order valence-electron chi connectivity index (χ4n) is 3.05. The van der Waals surface area contributed by atoms with Crippen molar-refractivity contribution in [2.75, 3.05) is 39.8 Å². The molecule has 5 heteroatoms. The number of piperazine rings is 1. The van der Waals surface area contributed by atoms with Crippen molar-refractivity contribution in [3.05, 3.63) is 29.3 Å². The summed E-state index contributed by atoms with van der Waals surface area (Å²) in [5, 5.41) is 3.27. The molecule has 2 heterocycles. The summed E-state index contributed by atoms with van der Waals surface area (Å²) in [7, 11) is 1.70. The Labute approximate surface area is 125 Å². The van der Waals surface area contributed by atoms with E-state index in [4.69, 9.17) is 4.74 Å². The van der Waals surface area contributed by atoms with Gasteiger partial charge in [-0.1, -0.05) is 6.07 Å². The lowest BCUT2D eigenvalue weighted by Gasteiger charge is -2.28. The number of nitrogens with one attached hydrogen (secondary N) is 1. The number of fused-ring (bicyclic) bond motifs is 1. The van der Waals surface area contributed by atoms with Gasteiger partial charge in [0, 0.05) is 52.2 Å². The van der Waals surface area contributed by atoms with E-state index in [2.05, 4.69) is 22.3 Å². The number of benzene rings is 1. The van der Waals surface area contributed by atoms with Gasteiger partial charge in [-0.3, -0.25) is 9.69 Å². The molecule has 0 unspecified atom stereocenters. The highest BCUT2D eigenvalue weighted by Gasteiger charge is 2.21. The molecule has 0 atom stereocenters. The van der Waals surface area contributed by atoms with Crippen LogP contribution in [0.15, 0.2) is 18.2 Å². The molecule has 0 saturated carbocycles. The van der Waals surface area contributed by atoms with E-state index in [1.807, 2.05) is 11.0 Å². The quantitative estimate of drug-likeness (QED) is 0.892. The normalized spacial score (nSPS) is 18.6. The number of carbonyl (C=O) groups is 1. The molecule has 2 aliphatic rings. The Morgan fingerprint density at radius 1 is 1.24 bits per heavy atom. The van der Waals surface area contributed by atoms with Gasteiger partial charge in [0.2, 0.25) is 5.91 Å². The van der Waals surface area contributed by atoms with Crippen LogP contribution >= 0.6 is 0 Å². The first-order valence-electron chi connectivity index (χ1n) is 7.63. The molecule has 1 amide bonds. The topological polar surface area (TPSA) is 44.8 Å². The zero-order valence-electron chi connectivity index (χ0n) is 12.6. The minimum atomic E-state index is 0.282. The molecule has 114 valence electrons. The van der Waals surface area contributed by atoms with Crippen LogP contribution in [0.2, 0.25) is 0 Å². The molecule has 1 fully saturated rings. The van der Waals surface area contributed by atoms with E-state index >= 15 is 0 Å². The molecule has 0 spiro atoms. The predicted molar refractivity (Wildman–Crippen MR) is 81.2 cm³/mol. The van der Waals surface area contributed by atoms with E-state index in [-0.39, 0.29) is 5.91 Å². The van der Waals surface area contributed by atoms with Gasteiger partial charge < -0.3 is 15.0 Å². The van der Waals surface area contributed by atoms with Crippen LogP contribution in [0.5, 0.6) is 5.75 Å². The summed E-state index contributed by atoms with van der Waals surface area (Å²) in [6, 6.07) is 6.24. The molecule has 0 aromatic heterocycles. The maximum atomic E-state index is 12.2. The lowest BCUT2D eigenvalue weighted by Crippen LogP contribution is -2.46. The molecular formula is C16H23N3O2. The van der Waals surface area contributed by atoms with Gasteiger partial charge >= 0.3 is 0 Å². The van der Waals surface area contributed by atoms with Crippen molar-refractivity contribution in [3.63, 3.8) is 0 Å². The smallest absolute Gasteiger partial charge is 0.223 e. The van der Waals surface area contributed by atoms with Gasteiger partial charge in [0.25, 0.3) is 0 Å². The fourth-order valence-corrected chi connectivity index (χ4v) is 3.05. The zero-order valence-corrected chi connectivity index (χ0v) is 12.6. The maximum absolute atomic E-state index is 12.2. The van der Waals surface area contributed by atoms with E-state index < -0.39 is 0 Å². The SMILES string of the molecule is COc1ccc2c(c1)CN(CCC(=O)N1CCNCC1)C2. The number of carbonyl (C=O) groups excluding carboxylic acids is 1. The summed E-state index contributed by atoms with van der Waals surface area (Å²) >= 11 is 0. The summed E-state index contributed by atoms with van der Waals surface area (Å²) in [6.07, 6.45) is 0.616. The summed E-state index contributed by atoms with van der Waals surface area (Å²) < 4.78 is 5.27. The molecule has 0 bridgehead atoms. The van der Waals surface area contributed by atoms with Gasteiger partial charge in [0.1, 0.15) is 5.75 Å². The summed E-state index contributed by atoms with van der Waals surface area (Å²) in [5.41, 5.74) is 2.68. The second kappa shape index (κ2) is 6.45. The van der Waals surface area contributed by atoms with Gasteiger partial charge in [0.15, 0.2) is 0 Å². The maximum Gasteiger partial charge on any atom is 0.223 e. The average molecular weight is 289 g/mol. The van der Waals surface area contributed by atoms with Crippen LogP contribution < -0.4 is 10.1 Å². The Balaban J connectivity index is 1.50. The van der Waals surface area contributed by atoms with Crippen molar-refractivity contribution in [2.45, 2.75) is 19.5 Å². The molecule has 0 radical (unpaired) electrons. The van der Waals surface area contributed by atoms with Crippen molar-refractivity contribution >= 4 is 5.91 Å². The van der Waals surface area contributed by atoms with Crippen molar-refractivity contribution in [2.24, 2.45) is 0 Å². The van der Waals surface area contributed by atoms with Crippen LogP contribution in [0, 0.1) is 0 Å². The van der Waals surface area contributed by atoms with Crippen molar-refractivity contribution in [1.82, 2.24) is 15.1 Å². The molecule has 2 aliphatic heterocycles. The Morgan fingerprint density at radius 2 is 2.00 bits per heavy atom. The molecule has 0 aliphatic carbocycles. The number of hydrogen-bond donors (Lipinski definition) is 1. The molecule has 3 rings (SSSR count). The van der Waals surface area contributed by atoms with Crippen LogP contribution in [0.1, 0.15) is 17.5 Å². The third-order valence-electron chi connectivity index (χ3n) is 4.31. The van der Waals surface area contributed by atoms with E-state index in [1.54, 1.807) is 7.11 Å². The summed E-state index contributed by atoms with van der Waals surface area (Å²) in [4.78, 5) is 16.5. The highest BCUT2D eigenvalue weighted by molar-refractivity contribution is 5.76. The Kier molecular flexibility index (Phi) is 4.41. The van der Waals surface area contributed by atoms with Crippen LogP contribution in [0.4, 0.5) is 0 Å². The number of methoxy groups -OCH3 is 1. The highest BCUT2D eigenvalue weighted by Crippen LogP contribution is 2.26. The average Bonchev–Trinajstić information content (AvgIpc) is 2.95. The fraction of sp³-hybridized carbons (Fsp3) is 0.562. The molecule has 1 N–H and O–H groups in total. The van der Waals surface area contributed by atoms with E-state index in [0.717, 1.165) is 51.6 Å². The molecule has 1 aromatic rings. The lowest BCUT2D eigenvalue weighted by atomic mass is 10.1. The largest absolute Gasteiger partial charge is 0.497 e. The molecule has 21 heavy (non-hydrogen) atoms. The summed E-state index contributed by atoms with van der Waals surface area (Å²) in [6.45, 7) is 6.21. The first-order valence-corrected chi connectivity index (χ1v) is 7.63. The second-order valence-electron chi connectivity index (χ2n) is 5.73. The van der Waals surface area contributed by atoms with Crippen LogP contribution in [0.25, 0.3) is 0 Å². The Bertz CT molecular complexity index is 512. The number of ether oxygens (including phenoxy) is 1. The van der Waals surface area contributed by atoms with E-state index in [9.17, 15) is 4.79 Å². The Morgan fingerprint density at radius 3 is 2.76 bits per heavy atom. The highest BCUT2D eigenvalue weighted by atomic mass is 16.5. The van der Waals surface area contributed by atoms with Crippen molar-refractivity contribution in [1.29, 1.82) is 0 Å². The van der Waals surface area contributed by atoms with Crippen LogP contribution in [0.3, 0.4) is 0 Å². The first-order chi connectivity index (χ1) is 10.3. The van der Waals surface area contributed by atoms with Crippen LogP contribution in [-0.2, 0) is 17.9 Å². The van der Waals surface area contributed by atoms with Crippen LogP contribution in [-0.4, -0.2) is 55.5 Å². The van der Waals surface area contributed by atoms with E-state index in [1.165, 1.54) is 11.1 Å². The zero-order chi connectivity index (χ0) is 14.7. The van der Waals surface area contributed by atoms with Crippen molar-refractivity contribution < 1.29 is 9.53 Å². The van der Waals surface area contributed by atoms with Gasteiger partial charge in [-0.05, 0) is 23.3 Å². The molecular weight excluding hydrogens is 266 g/mol.